The molecule has 2 heterocycles. The minimum Gasteiger partial charge on any atom is -0.389 e. The zero-order valence-corrected chi connectivity index (χ0v) is 17.5. The van der Waals surface area contributed by atoms with Gasteiger partial charge >= 0.3 is 0 Å². The molecule has 1 aliphatic rings. The topological polar surface area (TPSA) is 66.5 Å². The van der Waals surface area contributed by atoms with Crippen LogP contribution in [0.4, 0.5) is 10.1 Å². The smallest absolute Gasteiger partial charge is 0.270 e. The third-order valence-corrected chi connectivity index (χ3v) is 7.45. The van der Waals surface area contributed by atoms with E-state index in [0.29, 0.717) is 29.1 Å². The second-order valence-electron chi connectivity index (χ2n) is 6.80. The zero-order valence-electron chi connectivity index (χ0n) is 15.9. The quantitative estimate of drug-likeness (QED) is 0.461. The molecular formula is C22H19FN2O3S2. The number of hydrogen-bond acceptors (Lipinski definition) is 5. The van der Waals surface area contributed by atoms with Crippen molar-refractivity contribution < 1.29 is 17.6 Å². The maximum Gasteiger partial charge on any atom is 0.270 e. The van der Waals surface area contributed by atoms with Crippen LogP contribution in [0.3, 0.4) is 0 Å². The number of hydrogen-bond donors (Lipinski definition) is 1. The van der Waals surface area contributed by atoms with Gasteiger partial charge in [0, 0.05) is 12.7 Å². The molecule has 0 saturated heterocycles. The molecule has 3 aromatic rings. The van der Waals surface area contributed by atoms with E-state index >= 15 is 0 Å². The van der Waals surface area contributed by atoms with Crippen LogP contribution in [-0.2, 0) is 23.0 Å². The molecule has 0 aliphatic carbocycles. The number of nitrogens with zero attached hydrogens (tertiary/aromatic N) is 1. The number of Topliss-reactive ketones (excluding diaryl/α,β-unsaturated/α-hetero) is 1. The molecule has 5 nitrogen and oxygen atoms in total. The van der Waals surface area contributed by atoms with Gasteiger partial charge in [-0.15, -0.1) is 11.3 Å². The van der Waals surface area contributed by atoms with E-state index in [9.17, 15) is 17.6 Å². The van der Waals surface area contributed by atoms with E-state index < -0.39 is 21.6 Å². The third kappa shape index (κ3) is 4.01. The Morgan fingerprint density at radius 3 is 2.47 bits per heavy atom. The lowest BCUT2D eigenvalue weighted by Crippen LogP contribution is -2.38. The first kappa shape index (κ1) is 20.3. The number of halogens is 1. The summed E-state index contributed by atoms with van der Waals surface area (Å²) in [6.07, 6.45) is 1.99. The van der Waals surface area contributed by atoms with Crippen molar-refractivity contribution in [1.82, 2.24) is 5.32 Å². The fourth-order valence-electron chi connectivity index (χ4n) is 3.24. The molecule has 1 aliphatic heterocycles. The molecule has 0 amide bonds. The van der Waals surface area contributed by atoms with E-state index in [1.807, 2.05) is 30.3 Å². The molecule has 154 valence electrons. The highest BCUT2D eigenvalue weighted by molar-refractivity contribution is 7.97. The van der Waals surface area contributed by atoms with Gasteiger partial charge in [-0.05, 0) is 41.1 Å². The number of nitrogens with one attached hydrogen (secondary N) is 1. The summed E-state index contributed by atoms with van der Waals surface area (Å²) in [5.41, 5.74) is 2.10. The summed E-state index contributed by atoms with van der Waals surface area (Å²) in [4.78, 5) is 12.9. The Kier molecular flexibility index (Phi) is 5.69. The Hall–Kier alpha value is -2.97. The number of fused-ring (bicyclic) bond motifs is 1. The van der Waals surface area contributed by atoms with Crippen molar-refractivity contribution in [1.29, 1.82) is 0 Å². The molecule has 8 heteroatoms. The Labute approximate surface area is 178 Å². The van der Waals surface area contributed by atoms with Crippen LogP contribution >= 0.6 is 11.3 Å². The van der Waals surface area contributed by atoms with Gasteiger partial charge in [0.25, 0.3) is 10.0 Å². The predicted octanol–water partition coefficient (Wildman–Crippen LogP) is 4.09. The lowest BCUT2D eigenvalue weighted by molar-refractivity contribution is 0.104. The van der Waals surface area contributed by atoms with Gasteiger partial charge in [-0.2, -0.15) is 0 Å². The molecule has 0 radical (unpaired) electrons. The SMILES string of the molecule is O=C1C(=CNCCc2ccccc2)S(=O)(=O)N(Cc2ccc(F)cc2)c2ccsc21. The van der Waals surface area contributed by atoms with Gasteiger partial charge in [0.15, 0.2) is 4.91 Å². The van der Waals surface area contributed by atoms with E-state index in [4.69, 9.17) is 0 Å². The molecule has 2 aromatic carbocycles. The number of allylic oxidation sites excluding steroid dienone is 1. The third-order valence-electron chi connectivity index (χ3n) is 4.78. The van der Waals surface area contributed by atoms with Crippen LogP contribution < -0.4 is 9.62 Å². The van der Waals surface area contributed by atoms with Crippen molar-refractivity contribution in [3.8, 4) is 0 Å². The van der Waals surface area contributed by atoms with Crippen molar-refractivity contribution >= 4 is 32.8 Å². The van der Waals surface area contributed by atoms with Gasteiger partial charge in [0.05, 0.1) is 12.2 Å². The molecule has 0 unspecified atom stereocenters. The van der Waals surface area contributed by atoms with Gasteiger partial charge in [0.1, 0.15) is 10.7 Å². The molecule has 4 rings (SSSR count). The molecule has 1 aromatic heterocycles. The Morgan fingerprint density at radius 2 is 1.73 bits per heavy atom. The van der Waals surface area contributed by atoms with E-state index in [1.165, 1.54) is 46.1 Å². The van der Waals surface area contributed by atoms with Crippen LogP contribution in [0.1, 0.15) is 20.8 Å². The second kappa shape index (κ2) is 8.41. The number of rotatable bonds is 6. The molecule has 0 saturated carbocycles. The summed E-state index contributed by atoms with van der Waals surface area (Å²) in [6.45, 7) is 0.507. The Bertz CT molecular complexity index is 1190. The van der Waals surface area contributed by atoms with Gasteiger partial charge in [-0.1, -0.05) is 42.5 Å². The average Bonchev–Trinajstić information content (AvgIpc) is 3.22. The number of sulfonamides is 1. The number of carbonyl (C=O) groups excluding carboxylic acids is 1. The highest BCUT2D eigenvalue weighted by Crippen LogP contribution is 2.39. The normalized spacial score (nSPS) is 16.5. The summed E-state index contributed by atoms with van der Waals surface area (Å²) in [5, 5.41) is 4.67. The highest BCUT2D eigenvalue weighted by Gasteiger charge is 2.41. The largest absolute Gasteiger partial charge is 0.389 e. The van der Waals surface area contributed by atoms with Crippen LogP contribution in [0.2, 0.25) is 0 Å². The second-order valence-corrected chi connectivity index (χ2v) is 9.55. The van der Waals surface area contributed by atoms with E-state index in [2.05, 4.69) is 5.32 Å². The standard InChI is InChI=1S/C22H19FN2O3S2/c23-18-8-6-17(7-9-18)15-25-19-11-13-29-22(19)21(26)20(30(25,27)28)14-24-12-10-16-4-2-1-3-5-16/h1-9,11,13-14,24H,10,12,15H2. The molecular weight excluding hydrogens is 423 g/mol. The maximum absolute atomic E-state index is 13.2. The lowest BCUT2D eigenvalue weighted by Gasteiger charge is -2.29. The van der Waals surface area contributed by atoms with Crippen molar-refractivity contribution in [2.75, 3.05) is 10.8 Å². The monoisotopic (exact) mass is 442 g/mol. The van der Waals surface area contributed by atoms with E-state index in [0.717, 1.165) is 5.56 Å². The number of ketones is 1. The summed E-state index contributed by atoms with van der Waals surface area (Å²) in [7, 11) is -4.05. The average molecular weight is 443 g/mol. The molecule has 0 atom stereocenters. The maximum atomic E-state index is 13.2. The van der Waals surface area contributed by atoms with Gasteiger partial charge in [0.2, 0.25) is 5.78 Å². The lowest BCUT2D eigenvalue weighted by atomic mass is 10.1. The molecule has 0 bridgehead atoms. The highest BCUT2D eigenvalue weighted by atomic mass is 32.2. The summed E-state index contributed by atoms with van der Waals surface area (Å²) < 4.78 is 40.9. The predicted molar refractivity (Wildman–Crippen MR) is 116 cm³/mol. The first-order chi connectivity index (χ1) is 14.5. The summed E-state index contributed by atoms with van der Waals surface area (Å²) in [5.74, 6) is -0.905. The summed E-state index contributed by atoms with van der Waals surface area (Å²) in [6, 6.07) is 17.0. The van der Waals surface area contributed by atoms with Crippen molar-refractivity contribution in [2.24, 2.45) is 0 Å². The van der Waals surface area contributed by atoms with Crippen molar-refractivity contribution in [3.63, 3.8) is 0 Å². The minimum absolute atomic E-state index is 0.0149. The fourth-order valence-corrected chi connectivity index (χ4v) is 5.75. The molecule has 0 fully saturated rings. The van der Waals surface area contributed by atoms with Crippen LogP contribution in [0, 0.1) is 5.82 Å². The number of anilines is 1. The minimum atomic E-state index is -4.05. The van der Waals surface area contributed by atoms with Crippen LogP contribution in [-0.4, -0.2) is 20.7 Å². The van der Waals surface area contributed by atoms with Crippen molar-refractivity contribution in [2.45, 2.75) is 13.0 Å². The van der Waals surface area contributed by atoms with E-state index in [1.54, 1.807) is 11.4 Å². The number of benzene rings is 2. The van der Waals surface area contributed by atoms with Gasteiger partial charge in [-0.3, -0.25) is 9.10 Å². The summed E-state index contributed by atoms with van der Waals surface area (Å²) >= 11 is 1.21. The van der Waals surface area contributed by atoms with Crippen LogP contribution in [0.25, 0.3) is 0 Å². The number of carbonyl (C=O) groups is 1. The van der Waals surface area contributed by atoms with Gasteiger partial charge < -0.3 is 5.32 Å². The van der Waals surface area contributed by atoms with Crippen LogP contribution in [0.5, 0.6) is 0 Å². The zero-order chi connectivity index (χ0) is 21.1. The molecule has 1 N–H and O–H groups in total. The van der Waals surface area contributed by atoms with Gasteiger partial charge in [-0.25, -0.2) is 12.8 Å². The fraction of sp³-hybridized carbons (Fsp3) is 0.136. The first-order valence-electron chi connectivity index (χ1n) is 9.33. The molecule has 0 spiro atoms. The van der Waals surface area contributed by atoms with E-state index in [-0.39, 0.29) is 11.4 Å². The number of thiophene rings is 1. The molecule has 30 heavy (non-hydrogen) atoms. The van der Waals surface area contributed by atoms with Crippen molar-refractivity contribution in [3.05, 3.63) is 99.0 Å². The Balaban J connectivity index is 1.59. The Morgan fingerprint density at radius 1 is 1.00 bits per heavy atom. The van der Waals surface area contributed by atoms with Crippen LogP contribution in [0.15, 0.2) is 77.1 Å². The first-order valence-corrected chi connectivity index (χ1v) is 11.7.